The zero-order valence-electron chi connectivity index (χ0n) is 15.1. The third-order valence-corrected chi connectivity index (χ3v) is 5.74. The fourth-order valence-corrected chi connectivity index (χ4v) is 3.36. The van der Waals surface area contributed by atoms with E-state index in [1.807, 2.05) is 18.2 Å². The molecule has 2 rings (SSSR count). The average Bonchev–Trinajstić information content (AvgIpc) is 2.63. The Morgan fingerprint density at radius 1 is 1.23 bits per heavy atom. The van der Waals surface area contributed by atoms with Crippen LogP contribution in [0.4, 0.5) is 4.39 Å². The van der Waals surface area contributed by atoms with Gasteiger partial charge in [-0.2, -0.15) is 0 Å². The number of aliphatic imine (C=N–C) groups is 1. The van der Waals surface area contributed by atoms with E-state index in [1.54, 1.807) is 24.3 Å². The van der Waals surface area contributed by atoms with Crippen molar-refractivity contribution in [2.45, 2.75) is 38.5 Å². The van der Waals surface area contributed by atoms with Crippen LogP contribution in [0.3, 0.4) is 0 Å². The van der Waals surface area contributed by atoms with E-state index in [4.69, 9.17) is 0 Å². The second-order valence-corrected chi connectivity index (χ2v) is 8.96. The highest BCUT2D eigenvalue weighted by atomic mass is 79.9. The number of carbonyl (C=O) groups is 1. The van der Waals surface area contributed by atoms with Gasteiger partial charge in [-0.05, 0) is 52.2 Å². The molecule has 2 aromatic carbocycles. The molecule has 3 nitrogen and oxygen atoms in total. The molecule has 6 heteroatoms. The van der Waals surface area contributed by atoms with Crippen LogP contribution in [-0.4, -0.2) is 15.8 Å². The molecule has 0 aromatic heterocycles. The Hall–Kier alpha value is -1.66. The van der Waals surface area contributed by atoms with Crippen molar-refractivity contribution in [3.05, 3.63) is 69.9 Å². The normalized spacial score (nSPS) is 12.1. The smallest absolute Gasteiger partial charge is 0.257 e. The van der Waals surface area contributed by atoms with Gasteiger partial charge in [0.25, 0.3) is 5.91 Å². The van der Waals surface area contributed by atoms with Gasteiger partial charge in [0.2, 0.25) is 0 Å². The third kappa shape index (κ3) is 6.25. The van der Waals surface area contributed by atoms with Crippen LogP contribution < -0.4 is 5.32 Å². The summed E-state index contributed by atoms with van der Waals surface area (Å²) in [6, 6.07) is 13.8. The third-order valence-electron chi connectivity index (χ3n) is 3.87. The van der Waals surface area contributed by atoms with Crippen molar-refractivity contribution in [3.8, 4) is 0 Å². The van der Waals surface area contributed by atoms with Gasteiger partial charge >= 0.3 is 0 Å². The summed E-state index contributed by atoms with van der Waals surface area (Å²) in [5.41, 5.74) is 1.44. The molecule has 2 aromatic rings. The molecule has 0 saturated heterocycles. The van der Waals surface area contributed by atoms with Crippen LogP contribution in [0.2, 0.25) is 0 Å². The number of benzene rings is 2. The zero-order chi connectivity index (χ0) is 19.2. The molecule has 26 heavy (non-hydrogen) atoms. The minimum absolute atomic E-state index is 0.0633. The van der Waals surface area contributed by atoms with E-state index in [0.29, 0.717) is 21.7 Å². The SMILES string of the molecule is CCC(C)(C)SC(=NCc1ccc(F)c(Br)c1)NC(=O)c1ccccc1. The van der Waals surface area contributed by atoms with Crippen LogP contribution in [0.25, 0.3) is 0 Å². The maximum absolute atomic E-state index is 13.4. The summed E-state index contributed by atoms with van der Waals surface area (Å²) in [4.78, 5) is 17.0. The molecule has 1 amide bonds. The predicted molar refractivity (Wildman–Crippen MR) is 111 cm³/mol. The molecule has 0 aliphatic carbocycles. The van der Waals surface area contributed by atoms with Crippen molar-refractivity contribution in [2.24, 2.45) is 4.99 Å². The maximum Gasteiger partial charge on any atom is 0.257 e. The fourth-order valence-electron chi connectivity index (χ4n) is 1.99. The number of nitrogens with one attached hydrogen (secondary N) is 1. The Morgan fingerprint density at radius 2 is 1.92 bits per heavy atom. The largest absolute Gasteiger partial charge is 0.301 e. The minimum atomic E-state index is -0.308. The van der Waals surface area contributed by atoms with Crippen molar-refractivity contribution in [1.29, 1.82) is 0 Å². The second-order valence-electron chi connectivity index (χ2n) is 6.41. The maximum atomic E-state index is 13.4. The average molecular weight is 437 g/mol. The van der Waals surface area contributed by atoms with Crippen LogP contribution in [0.1, 0.15) is 43.1 Å². The molecule has 0 spiro atoms. The molecule has 138 valence electrons. The quantitative estimate of drug-likeness (QED) is 0.475. The molecular formula is C20H22BrFN2OS. The summed E-state index contributed by atoms with van der Waals surface area (Å²) in [5.74, 6) is -0.499. The lowest BCUT2D eigenvalue weighted by Gasteiger charge is -2.23. The van der Waals surface area contributed by atoms with E-state index < -0.39 is 0 Å². The highest BCUT2D eigenvalue weighted by molar-refractivity contribution is 9.10. The number of hydrogen-bond acceptors (Lipinski definition) is 3. The van der Waals surface area contributed by atoms with Crippen molar-refractivity contribution < 1.29 is 9.18 Å². The number of nitrogens with zero attached hydrogens (tertiary/aromatic N) is 1. The van der Waals surface area contributed by atoms with E-state index in [1.165, 1.54) is 17.8 Å². The van der Waals surface area contributed by atoms with Gasteiger partial charge < -0.3 is 5.32 Å². The Balaban J connectivity index is 2.19. The lowest BCUT2D eigenvalue weighted by Crippen LogP contribution is -2.32. The van der Waals surface area contributed by atoms with E-state index in [0.717, 1.165) is 12.0 Å². The zero-order valence-corrected chi connectivity index (χ0v) is 17.5. The molecule has 0 radical (unpaired) electrons. The molecule has 0 heterocycles. The van der Waals surface area contributed by atoms with Gasteiger partial charge in [-0.25, -0.2) is 4.39 Å². The minimum Gasteiger partial charge on any atom is -0.301 e. The van der Waals surface area contributed by atoms with E-state index >= 15 is 0 Å². The van der Waals surface area contributed by atoms with Crippen molar-refractivity contribution in [1.82, 2.24) is 5.32 Å². The molecule has 0 aliphatic rings. The van der Waals surface area contributed by atoms with Crippen LogP contribution in [0, 0.1) is 5.82 Å². The van der Waals surface area contributed by atoms with E-state index in [2.05, 4.69) is 47.0 Å². The van der Waals surface area contributed by atoms with Gasteiger partial charge in [0.1, 0.15) is 5.82 Å². The highest BCUT2D eigenvalue weighted by Gasteiger charge is 2.21. The lowest BCUT2D eigenvalue weighted by atomic mass is 10.1. The Morgan fingerprint density at radius 3 is 2.54 bits per heavy atom. The van der Waals surface area contributed by atoms with Gasteiger partial charge in [0, 0.05) is 10.3 Å². The lowest BCUT2D eigenvalue weighted by molar-refractivity contribution is 0.0978. The molecule has 0 bridgehead atoms. The first kappa shape index (κ1) is 20.6. The van der Waals surface area contributed by atoms with Crippen LogP contribution in [0.5, 0.6) is 0 Å². The number of amidine groups is 1. The van der Waals surface area contributed by atoms with Crippen LogP contribution in [-0.2, 0) is 6.54 Å². The number of carbonyl (C=O) groups excluding carboxylic acids is 1. The van der Waals surface area contributed by atoms with Gasteiger partial charge in [-0.1, -0.05) is 56.8 Å². The Kier molecular flexibility index (Phi) is 7.41. The monoisotopic (exact) mass is 436 g/mol. The van der Waals surface area contributed by atoms with Gasteiger partial charge in [-0.3, -0.25) is 9.79 Å². The first-order chi connectivity index (χ1) is 12.3. The molecule has 0 atom stereocenters. The second kappa shape index (κ2) is 9.33. The highest BCUT2D eigenvalue weighted by Crippen LogP contribution is 2.28. The summed E-state index contributed by atoms with van der Waals surface area (Å²) in [6.07, 6.45) is 0.931. The molecule has 0 fully saturated rings. The summed E-state index contributed by atoms with van der Waals surface area (Å²) in [5, 5.41) is 3.47. The standard InChI is InChI=1S/C20H22BrFN2OS/c1-4-20(2,3)26-19(24-18(25)15-8-6-5-7-9-15)23-13-14-10-11-17(22)16(21)12-14/h5-12H,4,13H2,1-3H3,(H,23,24,25). The van der Waals surface area contributed by atoms with Crippen molar-refractivity contribution >= 4 is 38.8 Å². The Labute approximate surface area is 166 Å². The number of thioether (sulfide) groups is 1. The molecule has 0 saturated carbocycles. The first-order valence-electron chi connectivity index (χ1n) is 8.34. The van der Waals surface area contributed by atoms with E-state index in [-0.39, 0.29) is 16.5 Å². The molecular weight excluding hydrogens is 415 g/mol. The summed E-state index contributed by atoms with van der Waals surface area (Å²) >= 11 is 4.71. The van der Waals surface area contributed by atoms with Crippen molar-refractivity contribution in [2.75, 3.05) is 0 Å². The number of hydrogen-bond donors (Lipinski definition) is 1. The van der Waals surface area contributed by atoms with Crippen molar-refractivity contribution in [3.63, 3.8) is 0 Å². The summed E-state index contributed by atoms with van der Waals surface area (Å²) < 4.78 is 13.7. The summed E-state index contributed by atoms with van der Waals surface area (Å²) in [6.45, 7) is 6.67. The fraction of sp³-hybridized carbons (Fsp3) is 0.300. The number of amides is 1. The van der Waals surface area contributed by atoms with Crippen LogP contribution in [0.15, 0.2) is 58.0 Å². The summed E-state index contributed by atoms with van der Waals surface area (Å²) in [7, 11) is 0. The topological polar surface area (TPSA) is 41.5 Å². The first-order valence-corrected chi connectivity index (χ1v) is 9.95. The number of rotatable bonds is 5. The van der Waals surface area contributed by atoms with Gasteiger partial charge in [0.05, 0.1) is 11.0 Å². The number of halogens is 2. The van der Waals surface area contributed by atoms with Gasteiger partial charge in [-0.15, -0.1) is 0 Å². The predicted octanol–water partition coefficient (Wildman–Crippen LogP) is 5.80. The van der Waals surface area contributed by atoms with E-state index in [9.17, 15) is 9.18 Å². The van der Waals surface area contributed by atoms with Crippen LogP contribution >= 0.6 is 27.7 Å². The molecule has 1 N–H and O–H groups in total. The molecule has 0 unspecified atom stereocenters. The van der Waals surface area contributed by atoms with Gasteiger partial charge in [0.15, 0.2) is 5.17 Å². The Bertz CT molecular complexity index is 794. The molecule has 0 aliphatic heterocycles.